The van der Waals surface area contributed by atoms with Gasteiger partial charge in [0, 0.05) is 94.4 Å². The number of allylic oxidation sites excluding steroid dienone is 2. The number of carbonyl (C=O) groups is 2. The molecule has 3 aromatic carbocycles. The fourth-order valence-electron chi connectivity index (χ4n) is 9.35. The molecule has 0 aliphatic carbocycles. The Bertz CT molecular complexity index is 2870. The Balaban J connectivity index is 1.53. The van der Waals surface area contributed by atoms with Gasteiger partial charge in [-0.25, -0.2) is 4.98 Å². The van der Waals surface area contributed by atoms with E-state index in [1.807, 2.05) is 23.9 Å². The molecule has 3 aliphatic rings. The van der Waals surface area contributed by atoms with Gasteiger partial charge >= 0.3 is 11.8 Å². The van der Waals surface area contributed by atoms with Gasteiger partial charge in [0.1, 0.15) is 34.5 Å². The zero-order valence-electron chi connectivity index (χ0n) is 38.5. The highest BCUT2D eigenvalue weighted by Crippen LogP contribution is 2.44. The fourth-order valence-corrected chi connectivity index (χ4v) is 9.35. The number of rotatable bonds is 2. The number of phenols is 1. The number of nitrogens with zero attached hydrogens (tertiary/aromatic N) is 3. The molecular weight excluding hydrogens is 841 g/mol. The Kier molecular flexibility index (Phi) is 12.7. The third kappa shape index (κ3) is 8.03. The molecule has 0 unspecified atom stereocenters. The molecule has 3 aliphatic heterocycles. The minimum Gasteiger partial charge on any atom is -0.507 e. The SMILES string of the molecule is CO[C@H]1/C=C/O[C@@]2(C)Oc3c(C)c(O)c4c(=O)c(c5oc6c7c(cc(=O)c6nc5c4c3=C2O)N(C)CCCN7C)NC(=O)/C(C)=C\C=C\[C@H](C)[C@H](O)[C@@H](C)[C@H](O)[C@H](C)[C@H](OC(C)=O)[C@@H]1C. The van der Waals surface area contributed by atoms with Gasteiger partial charge in [0.25, 0.3) is 5.91 Å². The third-order valence-electron chi connectivity index (χ3n) is 13.3. The van der Waals surface area contributed by atoms with Crippen LogP contribution in [0.1, 0.15) is 60.5 Å². The Hall–Kier alpha value is -6.17. The number of fused-ring (bicyclic) bond motifs is 4. The number of aliphatic hydroxyl groups is 3. The minimum absolute atomic E-state index is 0.0515. The molecule has 0 saturated heterocycles. The number of amides is 1. The van der Waals surface area contributed by atoms with Crippen LogP contribution in [-0.2, 0) is 23.8 Å². The molecule has 348 valence electrons. The molecule has 0 radical (unpaired) electrons. The van der Waals surface area contributed by atoms with Crippen molar-refractivity contribution in [2.24, 2.45) is 23.7 Å². The van der Waals surface area contributed by atoms with Crippen molar-refractivity contribution in [1.82, 2.24) is 4.98 Å². The zero-order chi connectivity index (χ0) is 47.6. The number of benzene rings is 3. The molecule has 1 aromatic heterocycles. The number of esters is 1. The van der Waals surface area contributed by atoms with Gasteiger partial charge in [-0.1, -0.05) is 45.9 Å². The summed E-state index contributed by atoms with van der Waals surface area (Å²) in [5.74, 6) is -6.95. The van der Waals surface area contributed by atoms with E-state index in [2.05, 4.69) is 5.32 Å². The Morgan fingerprint density at radius 2 is 1.63 bits per heavy atom. The zero-order valence-corrected chi connectivity index (χ0v) is 38.5. The van der Waals surface area contributed by atoms with E-state index in [-0.39, 0.29) is 60.8 Å². The molecule has 9 atom stereocenters. The van der Waals surface area contributed by atoms with E-state index in [4.69, 9.17) is 28.3 Å². The highest BCUT2D eigenvalue weighted by atomic mass is 16.7. The van der Waals surface area contributed by atoms with Crippen molar-refractivity contribution >= 4 is 67.7 Å². The van der Waals surface area contributed by atoms with Gasteiger partial charge in [0.05, 0.1) is 40.9 Å². The summed E-state index contributed by atoms with van der Waals surface area (Å²) in [4.78, 5) is 64.1. The van der Waals surface area contributed by atoms with Gasteiger partial charge in [-0.3, -0.25) is 19.2 Å². The molecule has 7 rings (SSSR count). The largest absolute Gasteiger partial charge is 0.507 e. The highest BCUT2D eigenvalue weighted by Gasteiger charge is 2.44. The second kappa shape index (κ2) is 17.7. The van der Waals surface area contributed by atoms with Crippen molar-refractivity contribution in [3.05, 3.63) is 73.4 Å². The van der Waals surface area contributed by atoms with Gasteiger partial charge in [0.15, 0.2) is 22.4 Å². The molecule has 4 bridgehead atoms. The van der Waals surface area contributed by atoms with Crippen molar-refractivity contribution in [1.29, 1.82) is 0 Å². The van der Waals surface area contributed by atoms with Crippen molar-refractivity contribution in [2.45, 2.75) is 92.0 Å². The quantitative estimate of drug-likeness (QED) is 0.103. The third-order valence-corrected chi connectivity index (χ3v) is 13.3. The number of nitrogens with one attached hydrogen (secondary N) is 1. The van der Waals surface area contributed by atoms with Crippen LogP contribution in [0.4, 0.5) is 17.1 Å². The molecule has 1 amide bonds. The van der Waals surface area contributed by atoms with Crippen LogP contribution in [0.3, 0.4) is 0 Å². The molecular formula is C48H58N4O13. The van der Waals surface area contributed by atoms with E-state index >= 15 is 0 Å². The van der Waals surface area contributed by atoms with Crippen molar-refractivity contribution in [3.63, 3.8) is 0 Å². The molecule has 4 heterocycles. The summed E-state index contributed by atoms with van der Waals surface area (Å²) in [6.45, 7) is 13.8. The molecule has 17 heteroatoms. The number of hydrogen-bond donors (Lipinski definition) is 5. The van der Waals surface area contributed by atoms with Crippen LogP contribution in [0.15, 0.2) is 56.2 Å². The average molecular weight is 899 g/mol. The number of phenolic OH excluding ortho intramolecular Hbond substituents is 1. The molecule has 4 aromatic rings. The van der Waals surface area contributed by atoms with E-state index in [9.17, 15) is 39.6 Å². The number of ether oxygens (including phenoxy) is 4. The maximum atomic E-state index is 14.9. The number of methoxy groups -OCH3 is 1. The van der Waals surface area contributed by atoms with Crippen molar-refractivity contribution < 1.29 is 53.4 Å². The lowest BCUT2D eigenvalue weighted by molar-refractivity contribution is -0.160. The standard InChI is InChI=1S/C48H58N4O13/c1-21-14-12-15-22(2)47(60)50-36-41(58)32-31(35-44(36)64-45-34(49-35)29(54)20-28-37(45)52(10)18-13-17-51(28)9)33-43(26(6)40(32)57)65-48(8,46(33)59)62-19-16-30(61-11)23(3)42(63-27(7)53)25(5)39(56)24(4)38(21)55/h12,14-16,19-21,23-25,30,38-39,42,55-57,59H,13,17-18H2,1-11H3,(H,50,60)/b14-12+,19-16+,22-15-/t21-,23+,24+,25-,30-,38-,39-,42+,48-/m0/s1. The van der Waals surface area contributed by atoms with Gasteiger partial charge < -0.3 is 58.9 Å². The van der Waals surface area contributed by atoms with Crippen LogP contribution >= 0.6 is 0 Å². The van der Waals surface area contributed by atoms with Crippen LogP contribution in [0.5, 0.6) is 11.5 Å². The first kappa shape index (κ1) is 46.8. The number of anilines is 3. The number of hydrogen-bond acceptors (Lipinski definition) is 16. The molecule has 17 nitrogen and oxygen atoms in total. The summed E-state index contributed by atoms with van der Waals surface area (Å²) in [6, 6.07) is 1.47. The summed E-state index contributed by atoms with van der Waals surface area (Å²) in [5, 5.41) is 49.3. The van der Waals surface area contributed by atoms with Crippen molar-refractivity contribution in [3.8, 4) is 11.5 Å². The van der Waals surface area contributed by atoms with Gasteiger partial charge in [-0.05, 0) is 26.3 Å². The number of aromatic hydroxyl groups is 1. The van der Waals surface area contributed by atoms with Crippen LogP contribution in [0.25, 0.3) is 38.7 Å². The highest BCUT2D eigenvalue weighted by molar-refractivity contribution is 6.17. The number of carbonyl (C=O) groups excluding carboxylic acids is 2. The summed E-state index contributed by atoms with van der Waals surface area (Å²) >= 11 is 0. The second-order valence-corrected chi connectivity index (χ2v) is 17.9. The maximum absolute atomic E-state index is 14.9. The summed E-state index contributed by atoms with van der Waals surface area (Å²) in [5.41, 5.74) is -0.849. The number of aromatic nitrogens is 1. The minimum atomic E-state index is -1.99. The molecule has 65 heavy (non-hydrogen) atoms. The molecule has 0 saturated carbocycles. The first-order valence-electron chi connectivity index (χ1n) is 21.7. The van der Waals surface area contributed by atoms with Crippen LogP contribution in [-0.4, -0.2) is 102 Å². The Morgan fingerprint density at radius 3 is 2.31 bits per heavy atom. The summed E-state index contributed by atoms with van der Waals surface area (Å²) in [6.07, 6.45) is 4.32. The molecule has 0 spiro atoms. The van der Waals surface area contributed by atoms with E-state index in [1.165, 1.54) is 59.3 Å². The monoisotopic (exact) mass is 898 g/mol. The molecule has 0 fully saturated rings. The fraction of sp³-hybridized carbons (Fsp3) is 0.479. The Labute approximate surface area is 375 Å². The summed E-state index contributed by atoms with van der Waals surface area (Å²) < 4.78 is 30.7. The Morgan fingerprint density at radius 1 is 0.938 bits per heavy atom. The van der Waals surface area contributed by atoms with Gasteiger partial charge in [0.2, 0.25) is 10.9 Å². The average Bonchev–Trinajstić information content (AvgIpc) is 3.44. The predicted octanol–water partition coefficient (Wildman–Crippen LogP) is 4.84. The smallest absolute Gasteiger partial charge is 0.307 e. The maximum Gasteiger partial charge on any atom is 0.307 e. The van der Waals surface area contributed by atoms with Crippen LogP contribution in [0.2, 0.25) is 0 Å². The van der Waals surface area contributed by atoms with E-state index in [0.717, 1.165) is 6.42 Å². The van der Waals surface area contributed by atoms with Gasteiger partial charge in [-0.2, -0.15) is 0 Å². The topological polar surface area (TPSA) is 231 Å². The number of aliphatic hydroxyl groups excluding tert-OH is 3. The first-order chi connectivity index (χ1) is 30.6. The predicted molar refractivity (Wildman–Crippen MR) is 246 cm³/mol. The second-order valence-electron chi connectivity index (χ2n) is 17.9. The van der Waals surface area contributed by atoms with E-state index in [0.29, 0.717) is 24.5 Å². The lowest BCUT2D eigenvalue weighted by Crippen LogP contribution is -2.46. The van der Waals surface area contributed by atoms with Crippen LogP contribution < -0.4 is 35.9 Å². The summed E-state index contributed by atoms with van der Waals surface area (Å²) in [7, 11) is 5.15. The van der Waals surface area contributed by atoms with Gasteiger partial charge in [-0.15, -0.1) is 0 Å². The van der Waals surface area contributed by atoms with E-state index in [1.54, 1.807) is 39.8 Å². The lowest BCUT2D eigenvalue weighted by atomic mass is 9.78. The normalized spacial score (nSPS) is 29.8. The van der Waals surface area contributed by atoms with E-state index < -0.39 is 88.1 Å². The molecule has 5 N–H and O–H groups in total. The van der Waals surface area contributed by atoms with Crippen LogP contribution in [0, 0.1) is 30.6 Å². The first-order valence-corrected chi connectivity index (χ1v) is 21.7. The lowest BCUT2D eigenvalue weighted by Gasteiger charge is -2.38. The van der Waals surface area contributed by atoms with Crippen molar-refractivity contribution in [2.75, 3.05) is 49.4 Å².